The highest BCUT2D eigenvalue weighted by molar-refractivity contribution is 6.35. The first-order valence-electron chi connectivity index (χ1n) is 12.8. The second kappa shape index (κ2) is 9.91. The fourth-order valence-corrected chi connectivity index (χ4v) is 6.03. The topological polar surface area (TPSA) is 137 Å². The Labute approximate surface area is 228 Å². The number of halogens is 2. The summed E-state index contributed by atoms with van der Waals surface area (Å²) in [5.41, 5.74) is -2.80. The van der Waals surface area contributed by atoms with E-state index >= 15 is 0 Å². The maximum atomic E-state index is 14.3. The largest absolute Gasteiger partial charge is 0.501 e. The lowest BCUT2D eigenvalue weighted by Gasteiger charge is -2.52. The van der Waals surface area contributed by atoms with Gasteiger partial charge in [-0.2, -0.15) is 0 Å². The minimum absolute atomic E-state index is 0.108. The third kappa shape index (κ3) is 4.55. The van der Waals surface area contributed by atoms with Crippen molar-refractivity contribution in [3.63, 3.8) is 0 Å². The van der Waals surface area contributed by atoms with Crippen LogP contribution in [-0.2, 0) is 28.2 Å². The van der Waals surface area contributed by atoms with Gasteiger partial charge in [-0.25, -0.2) is 9.37 Å². The average molecular weight is 561 g/mol. The van der Waals surface area contributed by atoms with Crippen LogP contribution in [0, 0.1) is 5.82 Å². The second-order valence-corrected chi connectivity index (χ2v) is 11.1. The number of hydrogen-bond acceptors (Lipinski definition) is 7. The number of benzene rings is 1. The molecule has 0 spiro atoms. The standard InChI is InChI=1S/C26H30ClFN6O5/c1-32(2)23(39)21(37)31-26-9-7-25(8-10-26,33-11-4-12-33)14-34-22(38)19(35)18(30-24(26)34)20(36)29-13-15-5-3-6-16(27)17(15)28/h3,5-6,35H,4,7-14H2,1-2H3,(H,29,36)(H,31,37). The Kier molecular flexibility index (Phi) is 6.88. The number of carbonyl (C=O) groups is 3. The summed E-state index contributed by atoms with van der Waals surface area (Å²) in [5, 5.41) is 16.0. The second-order valence-electron chi connectivity index (χ2n) is 10.7. The normalized spacial score (nSPS) is 23.8. The number of hydrogen-bond donors (Lipinski definition) is 3. The Morgan fingerprint density at radius 3 is 2.49 bits per heavy atom. The number of rotatable bonds is 5. The van der Waals surface area contributed by atoms with Crippen molar-refractivity contribution in [3.05, 3.63) is 56.5 Å². The Hall–Kier alpha value is -3.51. The molecular weight excluding hydrogens is 531 g/mol. The summed E-state index contributed by atoms with van der Waals surface area (Å²) in [4.78, 5) is 59.9. The highest BCUT2D eigenvalue weighted by Gasteiger charge is 2.54. The molecule has 0 radical (unpaired) electrons. The van der Waals surface area contributed by atoms with Gasteiger partial charge in [0, 0.05) is 38.3 Å². The maximum absolute atomic E-state index is 14.3. The molecule has 4 aliphatic rings. The van der Waals surface area contributed by atoms with E-state index in [0.717, 1.165) is 24.4 Å². The monoisotopic (exact) mass is 560 g/mol. The molecule has 3 aliphatic heterocycles. The number of nitrogens with zero attached hydrogens (tertiary/aromatic N) is 4. The van der Waals surface area contributed by atoms with Gasteiger partial charge in [0.1, 0.15) is 11.6 Å². The van der Waals surface area contributed by atoms with Crippen LogP contribution in [-0.4, -0.2) is 74.9 Å². The van der Waals surface area contributed by atoms with Crippen molar-refractivity contribution < 1.29 is 23.9 Å². The molecule has 3 N–H and O–H groups in total. The number of likely N-dealkylation sites (tertiary alicyclic amines) is 1. The van der Waals surface area contributed by atoms with Crippen molar-refractivity contribution in [3.8, 4) is 5.75 Å². The van der Waals surface area contributed by atoms with Crippen LogP contribution >= 0.6 is 11.6 Å². The zero-order valence-corrected chi connectivity index (χ0v) is 22.5. The number of fused-ring (bicyclic) bond motifs is 2. The number of aromatic hydroxyl groups is 1. The number of amides is 3. The van der Waals surface area contributed by atoms with Gasteiger partial charge in [0.05, 0.1) is 10.6 Å². The molecule has 208 valence electrons. The first-order valence-corrected chi connectivity index (χ1v) is 13.2. The quantitative estimate of drug-likeness (QED) is 0.466. The summed E-state index contributed by atoms with van der Waals surface area (Å²) in [7, 11) is 2.92. The lowest BCUT2D eigenvalue weighted by molar-refractivity contribution is -0.145. The van der Waals surface area contributed by atoms with Gasteiger partial charge in [0.25, 0.3) is 11.5 Å². The number of nitrogens with one attached hydrogen (secondary N) is 2. The Balaban J connectivity index is 1.55. The van der Waals surface area contributed by atoms with Crippen molar-refractivity contribution in [1.82, 2.24) is 30.0 Å². The fraction of sp³-hybridized carbons (Fsp3) is 0.500. The molecule has 3 amide bonds. The van der Waals surface area contributed by atoms with Crippen molar-refractivity contribution in [2.45, 2.75) is 56.3 Å². The van der Waals surface area contributed by atoms with Gasteiger partial charge >= 0.3 is 11.8 Å². The van der Waals surface area contributed by atoms with E-state index in [-0.39, 0.29) is 35.0 Å². The summed E-state index contributed by atoms with van der Waals surface area (Å²) in [6.45, 7) is 1.73. The molecule has 1 aliphatic carbocycles. The van der Waals surface area contributed by atoms with Crippen LogP contribution in [0.15, 0.2) is 23.0 Å². The Morgan fingerprint density at radius 2 is 1.87 bits per heavy atom. The van der Waals surface area contributed by atoms with Crippen molar-refractivity contribution in [2.24, 2.45) is 0 Å². The molecular formula is C26H30ClFN6O5. The SMILES string of the molecule is CN(C)C(=O)C(=O)NC12CCC(N3CCC3)(CC1)Cn1c2nc(C(=O)NCc2cccc(Cl)c2F)c(O)c1=O. The van der Waals surface area contributed by atoms with Gasteiger partial charge < -0.3 is 20.6 Å². The number of likely N-dealkylation sites (N-methyl/N-ethyl adjacent to an activating group) is 1. The predicted octanol–water partition coefficient (Wildman–Crippen LogP) is 1.10. The first-order chi connectivity index (χ1) is 18.5. The van der Waals surface area contributed by atoms with Crippen LogP contribution in [0.2, 0.25) is 5.02 Å². The van der Waals surface area contributed by atoms with Crippen LogP contribution in [0.25, 0.3) is 0 Å². The summed E-state index contributed by atoms with van der Waals surface area (Å²) in [5.74, 6) is -3.93. The van der Waals surface area contributed by atoms with E-state index in [9.17, 15) is 28.7 Å². The third-order valence-corrected chi connectivity index (χ3v) is 8.52. The molecule has 1 saturated carbocycles. The lowest BCUT2D eigenvalue weighted by atomic mass is 9.71. The maximum Gasteiger partial charge on any atom is 0.311 e. The van der Waals surface area contributed by atoms with Crippen LogP contribution in [0.4, 0.5) is 4.39 Å². The van der Waals surface area contributed by atoms with E-state index in [4.69, 9.17) is 11.6 Å². The summed E-state index contributed by atoms with van der Waals surface area (Å²) < 4.78 is 15.7. The fourth-order valence-electron chi connectivity index (χ4n) is 5.84. The minimum atomic E-state index is -1.20. The van der Waals surface area contributed by atoms with Gasteiger partial charge in [-0.05, 0) is 51.3 Å². The van der Waals surface area contributed by atoms with Crippen molar-refractivity contribution >= 4 is 29.3 Å². The van der Waals surface area contributed by atoms with E-state index < -0.39 is 46.1 Å². The van der Waals surface area contributed by atoms with E-state index in [2.05, 4.69) is 20.5 Å². The molecule has 6 rings (SSSR count). The Morgan fingerprint density at radius 1 is 1.18 bits per heavy atom. The van der Waals surface area contributed by atoms with Gasteiger partial charge in [-0.1, -0.05) is 23.7 Å². The van der Waals surface area contributed by atoms with Crippen LogP contribution < -0.4 is 16.2 Å². The highest BCUT2D eigenvalue weighted by atomic mass is 35.5. The van der Waals surface area contributed by atoms with Gasteiger partial charge in [0.15, 0.2) is 5.69 Å². The average Bonchev–Trinajstić information content (AvgIpc) is 3.08. The summed E-state index contributed by atoms with van der Waals surface area (Å²) in [6, 6.07) is 4.35. The van der Waals surface area contributed by atoms with Crippen LogP contribution in [0.1, 0.15) is 54.0 Å². The van der Waals surface area contributed by atoms with E-state index in [1.54, 1.807) is 0 Å². The molecule has 1 saturated heterocycles. The molecule has 2 fully saturated rings. The van der Waals surface area contributed by atoms with Crippen molar-refractivity contribution in [1.29, 1.82) is 0 Å². The lowest BCUT2D eigenvalue weighted by Crippen LogP contribution is -2.60. The summed E-state index contributed by atoms with van der Waals surface area (Å²) >= 11 is 5.82. The molecule has 0 atom stereocenters. The molecule has 1 aromatic heterocycles. The molecule has 11 nitrogen and oxygen atoms in total. The molecule has 0 unspecified atom stereocenters. The zero-order chi connectivity index (χ0) is 28.1. The van der Waals surface area contributed by atoms with Crippen LogP contribution in [0.3, 0.4) is 0 Å². The molecule has 2 bridgehead atoms. The third-order valence-electron chi connectivity index (χ3n) is 8.23. The zero-order valence-electron chi connectivity index (χ0n) is 21.7. The minimum Gasteiger partial charge on any atom is -0.501 e. The molecule has 39 heavy (non-hydrogen) atoms. The van der Waals surface area contributed by atoms with E-state index in [1.807, 2.05) is 0 Å². The first kappa shape index (κ1) is 27.1. The van der Waals surface area contributed by atoms with Gasteiger partial charge in [0.2, 0.25) is 5.75 Å². The Bertz CT molecular complexity index is 1410. The smallest absolute Gasteiger partial charge is 0.311 e. The number of aromatic nitrogens is 2. The molecule has 2 aromatic rings. The van der Waals surface area contributed by atoms with Gasteiger partial charge in [-0.15, -0.1) is 0 Å². The van der Waals surface area contributed by atoms with Gasteiger partial charge in [-0.3, -0.25) is 28.6 Å². The van der Waals surface area contributed by atoms with E-state index in [0.29, 0.717) is 25.7 Å². The molecule has 4 heterocycles. The van der Waals surface area contributed by atoms with Crippen LogP contribution in [0.5, 0.6) is 5.75 Å². The highest BCUT2D eigenvalue weighted by Crippen LogP contribution is 2.48. The summed E-state index contributed by atoms with van der Waals surface area (Å²) in [6.07, 6.45) is 3.08. The van der Waals surface area contributed by atoms with E-state index in [1.165, 1.54) is 36.9 Å². The van der Waals surface area contributed by atoms with Crippen molar-refractivity contribution in [2.75, 3.05) is 27.2 Å². The number of carbonyl (C=O) groups excluding carboxylic acids is 3. The predicted molar refractivity (Wildman–Crippen MR) is 139 cm³/mol. The molecule has 13 heteroatoms. The molecule has 1 aromatic carbocycles.